The summed E-state index contributed by atoms with van der Waals surface area (Å²) < 4.78 is 13.2. The highest BCUT2D eigenvalue weighted by molar-refractivity contribution is 5.96. The minimum Gasteiger partial charge on any atom is -0.396 e. The SMILES string of the molecule is Nc1cnc2ccccc2c1NCc1cccc(F)c1. The molecule has 0 fully saturated rings. The number of rotatable bonds is 3. The fraction of sp³-hybridized carbons (Fsp3) is 0.0625. The van der Waals surface area contributed by atoms with Gasteiger partial charge in [-0.05, 0) is 23.8 Å². The molecule has 0 amide bonds. The molecule has 20 heavy (non-hydrogen) atoms. The number of benzene rings is 2. The monoisotopic (exact) mass is 267 g/mol. The van der Waals surface area contributed by atoms with Crippen molar-refractivity contribution in [1.82, 2.24) is 4.98 Å². The molecule has 0 aliphatic rings. The van der Waals surface area contributed by atoms with Crippen LogP contribution >= 0.6 is 0 Å². The van der Waals surface area contributed by atoms with Crippen LogP contribution in [0.15, 0.2) is 54.7 Å². The number of nitrogen functional groups attached to an aromatic ring is 1. The Morgan fingerprint density at radius 1 is 1.10 bits per heavy atom. The third kappa shape index (κ3) is 2.40. The number of aromatic nitrogens is 1. The summed E-state index contributed by atoms with van der Waals surface area (Å²) in [6.07, 6.45) is 1.64. The quantitative estimate of drug-likeness (QED) is 0.762. The predicted molar refractivity (Wildman–Crippen MR) is 79.9 cm³/mol. The number of para-hydroxylation sites is 1. The molecule has 0 atom stereocenters. The number of fused-ring (bicyclic) bond motifs is 1. The van der Waals surface area contributed by atoms with Gasteiger partial charge in [0.25, 0.3) is 0 Å². The van der Waals surface area contributed by atoms with Gasteiger partial charge in [0, 0.05) is 11.9 Å². The molecule has 3 nitrogen and oxygen atoms in total. The third-order valence-electron chi connectivity index (χ3n) is 3.16. The molecule has 1 heterocycles. The van der Waals surface area contributed by atoms with Crippen LogP contribution in [0.4, 0.5) is 15.8 Å². The predicted octanol–water partition coefficient (Wildman–Crippen LogP) is 3.57. The molecule has 0 aliphatic heterocycles. The van der Waals surface area contributed by atoms with Gasteiger partial charge in [0.05, 0.1) is 23.1 Å². The lowest BCUT2D eigenvalue weighted by Gasteiger charge is -2.12. The number of nitrogens with one attached hydrogen (secondary N) is 1. The number of nitrogens with zero attached hydrogens (tertiary/aromatic N) is 1. The molecule has 100 valence electrons. The van der Waals surface area contributed by atoms with Crippen molar-refractivity contribution < 1.29 is 4.39 Å². The first kappa shape index (κ1) is 12.4. The Kier molecular flexibility index (Phi) is 3.21. The number of halogens is 1. The van der Waals surface area contributed by atoms with E-state index in [1.165, 1.54) is 12.1 Å². The minimum atomic E-state index is -0.239. The zero-order chi connectivity index (χ0) is 13.9. The van der Waals surface area contributed by atoms with E-state index in [1.807, 2.05) is 30.3 Å². The molecule has 0 unspecified atom stereocenters. The summed E-state index contributed by atoms with van der Waals surface area (Å²) >= 11 is 0. The normalized spacial score (nSPS) is 10.7. The Morgan fingerprint density at radius 3 is 2.80 bits per heavy atom. The Labute approximate surface area is 116 Å². The Balaban J connectivity index is 1.92. The van der Waals surface area contributed by atoms with Gasteiger partial charge in [-0.2, -0.15) is 0 Å². The summed E-state index contributed by atoms with van der Waals surface area (Å²) in [6.45, 7) is 0.510. The van der Waals surface area contributed by atoms with Gasteiger partial charge in [0.2, 0.25) is 0 Å². The lowest BCUT2D eigenvalue weighted by molar-refractivity contribution is 0.626. The van der Waals surface area contributed by atoms with Crippen molar-refractivity contribution in [3.05, 3.63) is 66.1 Å². The summed E-state index contributed by atoms with van der Waals surface area (Å²) in [5.74, 6) is -0.239. The van der Waals surface area contributed by atoms with Gasteiger partial charge in [-0.3, -0.25) is 4.98 Å². The van der Waals surface area contributed by atoms with E-state index in [4.69, 9.17) is 5.73 Å². The Hall–Kier alpha value is -2.62. The first-order chi connectivity index (χ1) is 9.74. The maximum absolute atomic E-state index is 13.2. The maximum Gasteiger partial charge on any atom is 0.123 e. The van der Waals surface area contributed by atoms with Crippen LogP contribution in [0.25, 0.3) is 10.9 Å². The van der Waals surface area contributed by atoms with Gasteiger partial charge in [-0.15, -0.1) is 0 Å². The van der Waals surface area contributed by atoms with E-state index in [2.05, 4.69) is 10.3 Å². The lowest BCUT2D eigenvalue weighted by atomic mass is 10.1. The summed E-state index contributed by atoms with van der Waals surface area (Å²) in [4.78, 5) is 4.29. The molecular formula is C16H14FN3. The van der Waals surface area contributed by atoms with Crippen LogP contribution < -0.4 is 11.1 Å². The van der Waals surface area contributed by atoms with Gasteiger partial charge in [0.1, 0.15) is 5.82 Å². The molecule has 1 aromatic heterocycles. The molecule has 3 rings (SSSR count). The van der Waals surface area contributed by atoms with E-state index in [1.54, 1.807) is 12.3 Å². The van der Waals surface area contributed by atoms with E-state index in [-0.39, 0.29) is 5.82 Å². The average Bonchev–Trinajstić information content (AvgIpc) is 2.46. The molecule has 2 aromatic carbocycles. The lowest BCUT2D eigenvalue weighted by Crippen LogP contribution is -2.04. The smallest absolute Gasteiger partial charge is 0.123 e. The average molecular weight is 267 g/mol. The van der Waals surface area contributed by atoms with Gasteiger partial charge in [-0.25, -0.2) is 4.39 Å². The Bertz CT molecular complexity index is 756. The third-order valence-corrected chi connectivity index (χ3v) is 3.16. The number of nitrogens with two attached hydrogens (primary N) is 1. The highest BCUT2D eigenvalue weighted by Crippen LogP contribution is 2.27. The molecular weight excluding hydrogens is 253 g/mol. The number of anilines is 2. The number of hydrogen-bond donors (Lipinski definition) is 2. The second kappa shape index (κ2) is 5.17. The highest BCUT2D eigenvalue weighted by Gasteiger charge is 2.06. The van der Waals surface area contributed by atoms with Gasteiger partial charge >= 0.3 is 0 Å². The van der Waals surface area contributed by atoms with Crippen LogP contribution in [0.3, 0.4) is 0 Å². The summed E-state index contributed by atoms with van der Waals surface area (Å²) in [7, 11) is 0. The second-order valence-corrected chi connectivity index (χ2v) is 4.59. The van der Waals surface area contributed by atoms with Gasteiger partial charge in [-0.1, -0.05) is 30.3 Å². The van der Waals surface area contributed by atoms with Crippen molar-refractivity contribution in [2.45, 2.75) is 6.54 Å². The molecule has 0 radical (unpaired) electrons. The Morgan fingerprint density at radius 2 is 1.95 bits per heavy atom. The van der Waals surface area contributed by atoms with Crippen molar-refractivity contribution in [2.75, 3.05) is 11.1 Å². The summed E-state index contributed by atoms with van der Waals surface area (Å²) in [5, 5.41) is 4.23. The zero-order valence-corrected chi connectivity index (χ0v) is 10.8. The van der Waals surface area contributed by atoms with Crippen LogP contribution in [-0.2, 0) is 6.54 Å². The molecule has 3 aromatic rings. The van der Waals surface area contributed by atoms with E-state index in [0.29, 0.717) is 12.2 Å². The fourth-order valence-corrected chi connectivity index (χ4v) is 2.19. The van der Waals surface area contributed by atoms with Crippen LogP contribution in [-0.4, -0.2) is 4.98 Å². The molecule has 0 aliphatic carbocycles. The highest BCUT2D eigenvalue weighted by atomic mass is 19.1. The van der Waals surface area contributed by atoms with Gasteiger partial charge in [0.15, 0.2) is 0 Å². The van der Waals surface area contributed by atoms with E-state index < -0.39 is 0 Å². The number of pyridine rings is 1. The zero-order valence-electron chi connectivity index (χ0n) is 10.8. The molecule has 0 saturated heterocycles. The first-order valence-electron chi connectivity index (χ1n) is 6.35. The maximum atomic E-state index is 13.2. The second-order valence-electron chi connectivity index (χ2n) is 4.59. The van der Waals surface area contributed by atoms with E-state index >= 15 is 0 Å². The topological polar surface area (TPSA) is 50.9 Å². The van der Waals surface area contributed by atoms with Crippen molar-refractivity contribution in [1.29, 1.82) is 0 Å². The van der Waals surface area contributed by atoms with E-state index in [9.17, 15) is 4.39 Å². The van der Waals surface area contributed by atoms with Crippen LogP contribution in [0.2, 0.25) is 0 Å². The first-order valence-corrected chi connectivity index (χ1v) is 6.35. The molecule has 3 N–H and O–H groups in total. The van der Waals surface area contributed by atoms with Crippen molar-refractivity contribution >= 4 is 22.3 Å². The summed E-state index contributed by atoms with van der Waals surface area (Å²) in [6, 6.07) is 14.3. The summed E-state index contributed by atoms with van der Waals surface area (Å²) in [5.41, 5.74) is 9.14. The standard InChI is InChI=1S/C16H14FN3/c17-12-5-3-4-11(8-12)9-20-16-13-6-1-2-7-15(13)19-10-14(16)18/h1-8,10H,9,18H2,(H,19,20). The number of hydrogen-bond acceptors (Lipinski definition) is 3. The molecule has 0 saturated carbocycles. The van der Waals surface area contributed by atoms with Crippen molar-refractivity contribution in [3.8, 4) is 0 Å². The van der Waals surface area contributed by atoms with Crippen LogP contribution in [0.5, 0.6) is 0 Å². The molecule has 4 heteroatoms. The van der Waals surface area contributed by atoms with Crippen molar-refractivity contribution in [3.63, 3.8) is 0 Å². The molecule has 0 spiro atoms. The molecule has 0 bridgehead atoms. The van der Waals surface area contributed by atoms with Crippen molar-refractivity contribution in [2.24, 2.45) is 0 Å². The van der Waals surface area contributed by atoms with Gasteiger partial charge < -0.3 is 11.1 Å². The fourth-order valence-electron chi connectivity index (χ4n) is 2.19. The largest absolute Gasteiger partial charge is 0.396 e. The van der Waals surface area contributed by atoms with E-state index in [0.717, 1.165) is 22.2 Å². The van der Waals surface area contributed by atoms with Crippen LogP contribution in [0, 0.1) is 5.82 Å². The van der Waals surface area contributed by atoms with Crippen LogP contribution in [0.1, 0.15) is 5.56 Å². The minimum absolute atomic E-state index is 0.239.